The normalized spacial score (nSPS) is 11.9. The number of pyridine rings is 1. The van der Waals surface area contributed by atoms with E-state index in [4.69, 9.17) is 14.7 Å². The number of carbonyl (C=O) groups excluding carboxylic acids is 1. The second-order valence-corrected chi connectivity index (χ2v) is 10.2. The number of aryl methyl sites for hydroxylation is 4. The number of hydrogen-bond acceptors (Lipinski definition) is 7. The average Bonchev–Trinajstić information content (AvgIpc) is 2.89. The van der Waals surface area contributed by atoms with Crippen molar-refractivity contribution in [2.75, 3.05) is 11.1 Å². The van der Waals surface area contributed by atoms with Gasteiger partial charge in [-0.15, -0.1) is 0 Å². The monoisotopic (exact) mass is 512 g/mol. The first-order valence-electron chi connectivity index (χ1n) is 12.1. The zero-order chi connectivity index (χ0) is 26.1. The molecule has 188 valence electrons. The SMILES string of the molecule is Cc1cc(C)c(NC(=O)CSc2nc(-c3ccccc3)nc3c2Cc2c(CO)cnc(C)c2O3)c(C)c1. The van der Waals surface area contributed by atoms with Gasteiger partial charge in [0.05, 0.1) is 23.6 Å². The fraction of sp³-hybridized carbons (Fsp3) is 0.241. The molecule has 0 unspecified atom stereocenters. The van der Waals surface area contributed by atoms with Gasteiger partial charge in [0, 0.05) is 35.0 Å². The molecular formula is C29H28N4O3S. The van der Waals surface area contributed by atoms with Gasteiger partial charge in [-0.25, -0.2) is 4.98 Å². The summed E-state index contributed by atoms with van der Waals surface area (Å²) in [6, 6.07) is 13.8. The van der Waals surface area contributed by atoms with Gasteiger partial charge < -0.3 is 15.2 Å². The highest BCUT2D eigenvalue weighted by molar-refractivity contribution is 8.00. The van der Waals surface area contributed by atoms with E-state index in [1.807, 2.05) is 58.0 Å². The Labute approximate surface area is 220 Å². The number of aromatic nitrogens is 3. The highest BCUT2D eigenvalue weighted by atomic mass is 32.2. The molecule has 5 rings (SSSR count). The molecule has 1 aliphatic heterocycles. The minimum atomic E-state index is -0.141. The third kappa shape index (κ3) is 5.08. The lowest BCUT2D eigenvalue weighted by Gasteiger charge is -2.24. The first-order chi connectivity index (χ1) is 17.8. The first-order valence-corrected chi connectivity index (χ1v) is 13.1. The van der Waals surface area contributed by atoms with Crippen molar-refractivity contribution in [2.45, 2.75) is 45.7 Å². The number of nitrogens with zero attached hydrogens (tertiary/aromatic N) is 3. The summed E-state index contributed by atoms with van der Waals surface area (Å²) < 4.78 is 6.26. The lowest BCUT2D eigenvalue weighted by molar-refractivity contribution is -0.113. The highest BCUT2D eigenvalue weighted by Gasteiger charge is 2.28. The molecule has 0 fully saturated rings. The van der Waals surface area contributed by atoms with Crippen LogP contribution in [0.15, 0.2) is 53.7 Å². The van der Waals surface area contributed by atoms with E-state index >= 15 is 0 Å². The smallest absolute Gasteiger partial charge is 0.234 e. The van der Waals surface area contributed by atoms with Crippen LogP contribution in [0, 0.1) is 27.7 Å². The number of anilines is 1. The summed E-state index contributed by atoms with van der Waals surface area (Å²) in [5, 5.41) is 13.6. The first kappa shape index (κ1) is 24.9. The van der Waals surface area contributed by atoms with Gasteiger partial charge in [0.2, 0.25) is 11.8 Å². The summed E-state index contributed by atoms with van der Waals surface area (Å²) in [4.78, 5) is 26.9. The van der Waals surface area contributed by atoms with E-state index in [2.05, 4.69) is 22.4 Å². The van der Waals surface area contributed by atoms with Crippen molar-refractivity contribution in [1.29, 1.82) is 0 Å². The summed E-state index contributed by atoms with van der Waals surface area (Å²) in [5.74, 6) is 1.67. The van der Waals surface area contributed by atoms with Crippen molar-refractivity contribution in [1.82, 2.24) is 15.0 Å². The fourth-order valence-electron chi connectivity index (χ4n) is 4.62. The molecule has 0 saturated carbocycles. The molecule has 0 saturated heterocycles. The van der Waals surface area contributed by atoms with E-state index in [0.717, 1.165) is 44.8 Å². The third-order valence-corrected chi connectivity index (χ3v) is 7.39. The van der Waals surface area contributed by atoms with E-state index in [9.17, 15) is 9.90 Å². The molecular weight excluding hydrogens is 484 g/mol. The highest BCUT2D eigenvalue weighted by Crippen LogP contribution is 2.42. The van der Waals surface area contributed by atoms with Gasteiger partial charge in [-0.2, -0.15) is 4.98 Å². The van der Waals surface area contributed by atoms with Gasteiger partial charge in [-0.05, 0) is 38.8 Å². The van der Waals surface area contributed by atoms with Gasteiger partial charge in [-0.1, -0.05) is 59.8 Å². The number of rotatable bonds is 6. The van der Waals surface area contributed by atoms with E-state index in [1.54, 1.807) is 6.20 Å². The quantitative estimate of drug-likeness (QED) is 0.223. The second kappa shape index (κ2) is 10.3. The van der Waals surface area contributed by atoms with Crippen LogP contribution >= 0.6 is 11.8 Å². The number of amides is 1. The van der Waals surface area contributed by atoms with Crippen molar-refractivity contribution >= 4 is 23.4 Å². The van der Waals surface area contributed by atoms with E-state index in [-0.39, 0.29) is 18.3 Å². The van der Waals surface area contributed by atoms with Crippen LogP contribution in [0.3, 0.4) is 0 Å². The number of ether oxygens (including phenoxy) is 1. The van der Waals surface area contributed by atoms with Crippen LogP contribution in [0.1, 0.15) is 39.1 Å². The van der Waals surface area contributed by atoms with E-state index < -0.39 is 0 Å². The van der Waals surface area contributed by atoms with Crippen LogP contribution in [-0.4, -0.2) is 31.7 Å². The Morgan fingerprint density at radius 2 is 1.78 bits per heavy atom. The summed E-state index contributed by atoms with van der Waals surface area (Å²) in [6.07, 6.45) is 2.16. The predicted octanol–water partition coefficient (Wildman–Crippen LogP) is 5.69. The van der Waals surface area contributed by atoms with Crippen LogP contribution in [0.5, 0.6) is 11.6 Å². The number of aliphatic hydroxyl groups is 1. The molecule has 2 aromatic heterocycles. The third-order valence-electron chi connectivity index (χ3n) is 6.37. The Bertz CT molecular complexity index is 1480. The van der Waals surface area contributed by atoms with Crippen LogP contribution < -0.4 is 10.1 Å². The molecule has 0 radical (unpaired) electrons. The van der Waals surface area contributed by atoms with E-state index in [1.165, 1.54) is 11.8 Å². The van der Waals surface area contributed by atoms with Crippen LogP contribution in [-0.2, 0) is 17.8 Å². The molecule has 1 aliphatic rings. The number of nitrogens with one attached hydrogen (secondary N) is 1. The molecule has 3 heterocycles. The van der Waals surface area contributed by atoms with Gasteiger partial charge in [-0.3, -0.25) is 9.78 Å². The fourth-order valence-corrected chi connectivity index (χ4v) is 5.44. The van der Waals surface area contributed by atoms with Crippen molar-refractivity contribution in [2.24, 2.45) is 0 Å². The molecule has 37 heavy (non-hydrogen) atoms. The predicted molar refractivity (Wildman–Crippen MR) is 145 cm³/mol. The number of carbonyl (C=O) groups is 1. The molecule has 2 N–H and O–H groups in total. The second-order valence-electron chi connectivity index (χ2n) is 9.23. The number of fused-ring (bicyclic) bond motifs is 2. The molecule has 2 aromatic carbocycles. The standard InChI is InChI=1S/C29H28N4O3S/c1-16-10-17(2)25(18(3)11-16)31-24(35)15-37-29-23-12-22-21(14-34)13-30-19(4)26(22)36-28(23)32-27(33-29)20-8-6-5-7-9-20/h5-11,13,34H,12,14-15H2,1-4H3,(H,31,35). The Morgan fingerprint density at radius 3 is 2.49 bits per heavy atom. The molecule has 0 spiro atoms. The lowest BCUT2D eigenvalue weighted by Crippen LogP contribution is -2.17. The summed E-state index contributed by atoms with van der Waals surface area (Å²) >= 11 is 1.36. The Balaban J connectivity index is 1.48. The number of benzene rings is 2. The summed E-state index contributed by atoms with van der Waals surface area (Å²) in [5.41, 5.74) is 8.04. The maximum Gasteiger partial charge on any atom is 0.234 e. The Morgan fingerprint density at radius 1 is 1.05 bits per heavy atom. The van der Waals surface area contributed by atoms with E-state index in [0.29, 0.717) is 34.5 Å². The Kier molecular flexibility index (Phi) is 6.95. The summed E-state index contributed by atoms with van der Waals surface area (Å²) in [7, 11) is 0. The molecule has 0 bridgehead atoms. The minimum Gasteiger partial charge on any atom is -0.436 e. The molecule has 0 aliphatic carbocycles. The van der Waals surface area contributed by atoms with Crippen molar-refractivity contribution in [3.63, 3.8) is 0 Å². The number of aliphatic hydroxyl groups excluding tert-OH is 1. The zero-order valence-corrected chi connectivity index (χ0v) is 22.1. The minimum absolute atomic E-state index is 0.109. The van der Waals surface area contributed by atoms with Crippen molar-refractivity contribution in [3.8, 4) is 23.0 Å². The van der Waals surface area contributed by atoms with Crippen molar-refractivity contribution in [3.05, 3.63) is 87.7 Å². The van der Waals surface area contributed by atoms with Gasteiger partial charge >= 0.3 is 0 Å². The Hall–Kier alpha value is -3.75. The molecule has 4 aromatic rings. The summed E-state index contributed by atoms with van der Waals surface area (Å²) in [6.45, 7) is 7.78. The van der Waals surface area contributed by atoms with Gasteiger partial charge in [0.15, 0.2) is 11.6 Å². The number of hydrogen-bond donors (Lipinski definition) is 2. The molecule has 7 nitrogen and oxygen atoms in total. The number of thioether (sulfide) groups is 1. The van der Waals surface area contributed by atoms with Crippen molar-refractivity contribution < 1.29 is 14.6 Å². The molecule has 0 atom stereocenters. The largest absolute Gasteiger partial charge is 0.436 e. The topological polar surface area (TPSA) is 97.2 Å². The van der Waals surface area contributed by atoms with Crippen LogP contribution in [0.2, 0.25) is 0 Å². The maximum atomic E-state index is 13.0. The molecule has 8 heteroatoms. The maximum absolute atomic E-state index is 13.0. The van der Waals surface area contributed by atoms with Gasteiger partial charge in [0.25, 0.3) is 0 Å². The average molecular weight is 513 g/mol. The lowest BCUT2D eigenvalue weighted by atomic mass is 9.99. The van der Waals surface area contributed by atoms with Gasteiger partial charge in [0.1, 0.15) is 5.03 Å². The molecule has 1 amide bonds. The zero-order valence-electron chi connectivity index (χ0n) is 21.3. The van der Waals surface area contributed by atoms with Crippen LogP contribution in [0.25, 0.3) is 11.4 Å². The van der Waals surface area contributed by atoms with Crippen LogP contribution in [0.4, 0.5) is 5.69 Å².